The molecule has 2 bridgehead atoms. The quantitative estimate of drug-likeness (QED) is 0.815. The molecular weight excluding hydrogens is 341 g/mol. The van der Waals surface area contributed by atoms with Crippen LogP contribution in [0.25, 0.3) is 0 Å². The van der Waals surface area contributed by atoms with Crippen molar-refractivity contribution in [1.29, 1.82) is 0 Å². The number of hydrogen-bond acceptors (Lipinski definition) is 4. The molecule has 6 rings (SSSR count). The van der Waals surface area contributed by atoms with Crippen LogP contribution in [0.2, 0.25) is 0 Å². The van der Waals surface area contributed by atoms with Crippen LogP contribution < -0.4 is 0 Å². The van der Waals surface area contributed by atoms with Gasteiger partial charge in [-0.2, -0.15) is 0 Å². The molecule has 4 nitrogen and oxygen atoms in total. The maximum atomic E-state index is 13.4. The molecule has 4 fully saturated rings. The lowest BCUT2D eigenvalue weighted by atomic mass is 9.75. The van der Waals surface area contributed by atoms with E-state index in [-0.39, 0.29) is 5.82 Å². The lowest BCUT2D eigenvalue weighted by Gasteiger charge is -2.51. The first-order valence-corrected chi connectivity index (χ1v) is 10.3. The summed E-state index contributed by atoms with van der Waals surface area (Å²) in [6.45, 7) is 8.53. The van der Waals surface area contributed by atoms with E-state index in [1.807, 2.05) is 12.1 Å². The third-order valence-corrected chi connectivity index (χ3v) is 6.92. The summed E-state index contributed by atoms with van der Waals surface area (Å²) in [4.78, 5) is 5.29. The van der Waals surface area contributed by atoms with Gasteiger partial charge in [0.1, 0.15) is 5.82 Å². The van der Waals surface area contributed by atoms with Crippen molar-refractivity contribution in [2.24, 2.45) is 5.92 Å². The van der Waals surface area contributed by atoms with Crippen molar-refractivity contribution in [3.8, 4) is 0 Å². The Bertz CT molecular complexity index is 794. The van der Waals surface area contributed by atoms with Gasteiger partial charge in [-0.3, -0.25) is 9.80 Å². The van der Waals surface area contributed by atoms with E-state index in [2.05, 4.69) is 34.9 Å². The smallest absolute Gasteiger partial charge is 0.150 e. The molecule has 0 amide bonds. The Kier molecular flexibility index (Phi) is 4.32. The molecule has 0 N–H and O–H groups in total. The van der Waals surface area contributed by atoms with Crippen molar-refractivity contribution < 1.29 is 8.91 Å². The zero-order valence-corrected chi connectivity index (χ0v) is 16.1. The largest absolute Gasteiger partial charge is 0.360 e. The number of fused-ring (bicyclic) bond motifs is 2. The van der Waals surface area contributed by atoms with E-state index in [4.69, 9.17) is 4.52 Å². The summed E-state index contributed by atoms with van der Waals surface area (Å²) in [6.07, 6.45) is 2.59. The molecule has 4 aliphatic rings. The van der Waals surface area contributed by atoms with E-state index >= 15 is 0 Å². The van der Waals surface area contributed by atoms with Gasteiger partial charge in [-0.05, 0) is 55.5 Å². The summed E-state index contributed by atoms with van der Waals surface area (Å²) in [5.41, 5.74) is 2.30. The van der Waals surface area contributed by atoms with Gasteiger partial charge in [0.25, 0.3) is 0 Å². The van der Waals surface area contributed by atoms with Crippen molar-refractivity contribution in [2.45, 2.75) is 57.2 Å². The molecule has 1 aromatic carbocycles. The summed E-state index contributed by atoms with van der Waals surface area (Å²) >= 11 is 0. The second kappa shape index (κ2) is 6.71. The van der Waals surface area contributed by atoms with E-state index in [9.17, 15) is 4.39 Å². The molecule has 0 saturated carbocycles. The molecule has 2 aromatic rings. The highest BCUT2D eigenvalue weighted by Gasteiger charge is 2.53. The van der Waals surface area contributed by atoms with E-state index < -0.39 is 0 Å². The lowest BCUT2D eigenvalue weighted by molar-refractivity contribution is -0.0105. The fourth-order valence-corrected chi connectivity index (χ4v) is 5.60. The van der Waals surface area contributed by atoms with E-state index in [1.165, 1.54) is 31.5 Å². The number of hydrogen-bond donors (Lipinski definition) is 0. The maximum Gasteiger partial charge on any atom is 0.150 e. The summed E-state index contributed by atoms with van der Waals surface area (Å²) in [5.74, 6) is 2.40. The highest BCUT2D eigenvalue weighted by atomic mass is 19.1. The van der Waals surface area contributed by atoms with E-state index in [0.29, 0.717) is 23.9 Å². The average molecular weight is 369 g/mol. The highest BCUT2D eigenvalue weighted by Crippen LogP contribution is 2.47. The van der Waals surface area contributed by atoms with Crippen molar-refractivity contribution in [2.75, 3.05) is 19.6 Å². The molecule has 0 spiro atoms. The van der Waals surface area contributed by atoms with Gasteiger partial charge in [-0.15, -0.1) is 0 Å². The van der Waals surface area contributed by atoms with Crippen LogP contribution in [0.1, 0.15) is 55.5 Å². The minimum atomic E-state index is -0.154. The first-order valence-electron chi connectivity index (χ1n) is 10.3. The van der Waals surface area contributed by atoms with Crippen LogP contribution >= 0.6 is 0 Å². The van der Waals surface area contributed by atoms with Gasteiger partial charge in [0.05, 0.1) is 12.2 Å². The zero-order valence-electron chi connectivity index (χ0n) is 16.1. The number of halogens is 1. The number of likely N-dealkylation sites (tertiary alicyclic amines) is 1. The second-order valence-corrected chi connectivity index (χ2v) is 8.81. The number of rotatable bonds is 4. The molecular formula is C22H28FN3O. The third-order valence-electron chi connectivity index (χ3n) is 6.92. The summed E-state index contributed by atoms with van der Waals surface area (Å²) in [7, 11) is 0. The van der Waals surface area contributed by atoms with Crippen LogP contribution in [0.15, 0.2) is 34.9 Å². The zero-order chi connectivity index (χ0) is 18.5. The third kappa shape index (κ3) is 3.01. The van der Waals surface area contributed by atoms with E-state index in [1.54, 1.807) is 12.1 Å². The lowest BCUT2D eigenvalue weighted by Crippen LogP contribution is -2.59. The molecule has 27 heavy (non-hydrogen) atoms. The molecule has 4 saturated heterocycles. The molecule has 0 aliphatic carbocycles. The minimum absolute atomic E-state index is 0.154. The van der Waals surface area contributed by atoms with Gasteiger partial charge in [0.15, 0.2) is 5.76 Å². The van der Waals surface area contributed by atoms with Crippen LogP contribution in [0.5, 0.6) is 0 Å². The second-order valence-electron chi connectivity index (χ2n) is 8.81. The Labute approximate surface area is 160 Å². The monoisotopic (exact) mass is 369 g/mol. The average Bonchev–Trinajstić information content (AvgIpc) is 3.30. The van der Waals surface area contributed by atoms with Crippen LogP contribution in [0.3, 0.4) is 0 Å². The normalized spacial score (nSPS) is 33.0. The number of benzene rings is 1. The molecule has 4 aliphatic heterocycles. The Hall–Kier alpha value is -1.72. The Morgan fingerprint density at radius 2 is 1.89 bits per heavy atom. The highest BCUT2D eigenvalue weighted by molar-refractivity contribution is 5.27. The Morgan fingerprint density at radius 1 is 1.15 bits per heavy atom. The fourth-order valence-electron chi connectivity index (χ4n) is 5.60. The number of aromatic nitrogens is 1. The molecule has 5 heterocycles. The minimum Gasteiger partial charge on any atom is -0.360 e. The molecule has 0 unspecified atom stereocenters. The SMILES string of the molecule is CC(C)c1cc(CN2C[C@H](c3ccc(F)cc3)[C@@H]3[C@H]2C2CCN3CC2)on1. The molecule has 3 atom stereocenters. The summed E-state index contributed by atoms with van der Waals surface area (Å²) < 4.78 is 19.1. The van der Waals surface area contributed by atoms with Gasteiger partial charge in [-0.1, -0.05) is 31.1 Å². The van der Waals surface area contributed by atoms with Crippen LogP contribution in [-0.2, 0) is 6.54 Å². The van der Waals surface area contributed by atoms with Gasteiger partial charge >= 0.3 is 0 Å². The Balaban J connectivity index is 1.44. The topological polar surface area (TPSA) is 32.5 Å². The summed E-state index contributed by atoms with van der Waals surface area (Å²) in [6, 6.07) is 10.4. The molecule has 5 heteroatoms. The first-order chi connectivity index (χ1) is 13.1. The van der Waals surface area contributed by atoms with E-state index in [0.717, 1.165) is 30.5 Å². The van der Waals surface area contributed by atoms with Crippen LogP contribution in [0, 0.1) is 11.7 Å². The molecule has 0 radical (unpaired) electrons. The van der Waals surface area contributed by atoms with Gasteiger partial charge < -0.3 is 4.52 Å². The number of nitrogens with zero attached hydrogens (tertiary/aromatic N) is 3. The predicted molar refractivity (Wildman–Crippen MR) is 102 cm³/mol. The predicted octanol–water partition coefficient (Wildman–Crippen LogP) is 4.00. The molecule has 144 valence electrons. The fraction of sp³-hybridized carbons (Fsp3) is 0.591. The summed E-state index contributed by atoms with van der Waals surface area (Å²) in [5, 5.41) is 4.24. The van der Waals surface area contributed by atoms with Crippen LogP contribution in [0.4, 0.5) is 4.39 Å². The molecule has 1 aromatic heterocycles. The first kappa shape index (κ1) is 17.4. The van der Waals surface area contributed by atoms with Gasteiger partial charge in [0, 0.05) is 30.6 Å². The van der Waals surface area contributed by atoms with Crippen molar-refractivity contribution in [1.82, 2.24) is 15.0 Å². The Morgan fingerprint density at radius 3 is 2.56 bits per heavy atom. The van der Waals surface area contributed by atoms with Crippen molar-refractivity contribution in [3.05, 3.63) is 53.2 Å². The van der Waals surface area contributed by atoms with Crippen LogP contribution in [-0.4, -0.2) is 46.7 Å². The van der Waals surface area contributed by atoms with Gasteiger partial charge in [0.2, 0.25) is 0 Å². The van der Waals surface area contributed by atoms with Gasteiger partial charge in [-0.25, -0.2) is 4.39 Å². The standard InChI is InChI=1S/C22H28FN3O/c1-14(2)20-11-18(27-24-20)12-26-13-19(15-3-5-17(23)6-4-15)22-21(26)16-7-9-25(22)10-8-16/h3-6,11,14,16,19,21-22H,7-10,12-13H2,1-2H3/t19-,21-,22-/m1/s1. The van der Waals surface area contributed by atoms with Crippen molar-refractivity contribution in [3.63, 3.8) is 0 Å². The number of piperidine rings is 3. The maximum absolute atomic E-state index is 13.4. The van der Waals surface area contributed by atoms with Crippen molar-refractivity contribution >= 4 is 0 Å².